The summed E-state index contributed by atoms with van der Waals surface area (Å²) in [6.45, 7) is 1.13. The Hall–Kier alpha value is 0.01000. The number of carbonyl (C=O) groups is 2. The van der Waals surface area contributed by atoms with Gasteiger partial charge in [-0.3, -0.25) is 19.3 Å². The summed E-state index contributed by atoms with van der Waals surface area (Å²) in [6.07, 6.45) is 0. The molecule has 2 N–H and O–H groups in total. The van der Waals surface area contributed by atoms with Crippen LogP contribution in [0.1, 0.15) is 6.92 Å². The van der Waals surface area contributed by atoms with Crippen molar-refractivity contribution in [2.45, 2.75) is 12.2 Å². The Morgan fingerprint density at radius 3 is 1.86 bits per heavy atom. The van der Waals surface area contributed by atoms with Gasteiger partial charge in [-0.05, 0) is 0 Å². The van der Waals surface area contributed by atoms with Gasteiger partial charge in [-0.1, -0.05) is 6.92 Å². The second-order valence-electron chi connectivity index (χ2n) is 2.71. The molecule has 0 aromatic rings. The molecule has 0 aromatic heterocycles. The van der Waals surface area contributed by atoms with Crippen molar-refractivity contribution in [2.24, 2.45) is 5.92 Å². The van der Waals surface area contributed by atoms with Crippen molar-refractivity contribution < 1.29 is 27.8 Å². The zero-order chi connectivity index (χ0) is 10.4. The van der Waals surface area contributed by atoms with Crippen LogP contribution in [0, 0.1) is 5.92 Å². The average Bonchev–Trinajstić information content (AvgIpc) is 2.14. The van der Waals surface area contributed by atoms with Crippen molar-refractivity contribution >= 4 is 51.5 Å². The van der Waals surface area contributed by atoms with Gasteiger partial charge in [0, 0.05) is 0 Å². The fraction of sp³-hybridized carbons (Fsp3) is 0.600. The van der Waals surface area contributed by atoms with Gasteiger partial charge in [0.15, 0.2) is 5.25 Å². The Morgan fingerprint density at radius 1 is 1.29 bits per heavy atom. The van der Waals surface area contributed by atoms with Crippen LogP contribution in [-0.2, 0) is 19.7 Å². The second-order valence-corrected chi connectivity index (χ2v) is 4.25. The summed E-state index contributed by atoms with van der Waals surface area (Å²) in [7, 11) is -4.64. The molecule has 1 aliphatic heterocycles. The Kier molecular flexibility index (Phi) is 4.25. The van der Waals surface area contributed by atoms with Gasteiger partial charge < -0.3 is 0 Å². The van der Waals surface area contributed by atoms with Crippen LogP contribution in [-0.4, -0.2) is 69.9 Å². The van der Waals surface area contributed by atoms with Crippen LogP contribution < -0.4 is 0 Å². The monoisotopic (exact) mass is 233 g/mol. The first-order valence-corrected chi connectivity index (χ1v) is 4.80. The van der Waals surface area contributed by atoms with Gasteiger partial charge in [0.1, 0.15) is 0 Å². The SMILES string of the molecule is CC1C(=O)N(O)C(=O)C1S(=O)(=O)O.[NaH]. The van der Waals surface area contributed by atoms with Crippen molar-refractivity contribution in [1.82, 2.24) is 5.06 Å². The van der Waals surface area contributed by atoms with Crippen LogP contribution in [0.3, 0.4) is 0 Å². The molecule has 9 heteroatoms. The summed E-state index contributed by atoms with van der Waals surface area (Å²) in [5, 5.41) is 6.56. The summed E-state index contributed by atoms with van der Waals surface area (Å²) in [5.74, 6) is -3.61. The molecule has 0 saturated carbocycles. The molecule has 2 amide bonds. The number of hydroxylamine groups is 2. The fourth-order valence-electron chi connectivity index (χ4n) is 1.15. The molecule has 0 spiro atoms. The van der Waals surface area contributed by atoms with E-state index >= 15 is 0 Å². The zero-order valence-electron chi connectivity index (χ0n) is 6.54. The predicted molar refractivity (Wildman–Crippen MR) is 45.3 cm³/mol. The maximum absolute atomic E-state index is 10.9. The van der Waals surface area contributed by atoms with E-state index < -0.39 is 33.1 Å². The number of hydrogen-bond acceptors (Lipinski definition) is 5. The number of hydrogen-bond donors (Lipinski definition) is 2. The number of rotatable bonds is 1. The van der Waals surface area contributed by atoms with Crippen molar-refractivity contribution in [1.29, 1.82) is 0 Å². The standard InChI is InChI=1S/C5H7NO6S.Na.H/c1-2-3(13(10,11)12)5(8)6(9)4(2)7;;/h2-3,9H,1H3,(H,10,11,12);;. The molecule has 7 nitrogen and oxygen atoms in total. The molecule has 76 valence electrons. The first-order chi connectivity index (χ1) is 5.76. The van der Waals surface area contributed by atoms with Gasteiger partial charge in [0.2, 0.25) is 0 Å². The van der Waals surface area contributed by atoms with Crippen LogP contribution in [0.5, 0.6) is 0 Å². The third-order valence-electron chi connectivity index (χ3n) is 1.83. The molecule has 0 bridgehead atoms. The average molecular weight is 233 g/mol. The van der Waals surface area contributed by atoms with E-state index in [2.05, 4.69) is 0 Å². The fourth-order valence-corrected chi connectivity index (χ4v) is 2.14. The second kappa shape index (κ2) is 4.25. The normalized spacial score (nSPS) is 27.8. The van der Waals surface area contributed by atoms with Crippen molar-refractivity contribution in [3.63, 3.8) is 0 Å². The van der Waals surface area contributed by atoms with Gasteiger partial charge in [-0.15, -0.1) is 0 Å². The molecule has 1 saturated heterocycles. The molecule has 0 aliphatic carbocycles. The molecule has 1 aliphatic rings. The molecule has 2 atom stereocenters. The van der Waals surface area contributed by atoms with Crippen LogP contribution >= 0.6 is 0 Å². The molecule has 0 radical (unpaired) electrons. The van der Waals surface area contributed by atoms with Gasteiger partial charge in [-0.2, -0.15) is 13.5 Å². The van der Waals surface area contributed by atoms with Crippen LogP contribution in [0.15, 0.2) is 0 Å². The number of amides is 2. The number of nitrogens with zero attached hydrogens (tertiary/aromatic N) is 1. The van der Waals surface area contributed by atoms with E-state index in [0.717, 1.165) is 6.92 Å². The van der Waals surface area contributed by atoms with Gasteiger partial charge in [0.05, 0.1) is 5.92 Å². The Bertz CT molecular complexity index is 364. The molecular weight excluding hydrogens is 225 g/mol. The quantitative estimate of drug-likeness (QED) is 0.234. The van der Waals surface area contributed by atoms with Gasteiger partial charge >= 0.3 is 29.6 Å². The summed E-state index contributed by atoms with van der Waals surface area (Å²) in [6, 6.07) is 0. The summed E-state index contributed by atoms with van der Waals surface area (Å²) >= 11 is 0. The third kappa shape index (κ3) is 2.15. The van der Waals surface area contributed by atoms with E-state index in [4.69, 9.17) is 9.76 Å². The van der Waals surface area contributed by atoms with E-state index in [1.165, 1.54) is 0 Å². The molecule has 14 heavy (non-hydrogen) atoms. The van der Waals surface area contributed by atoms with Crippen LogP contribution in [0.25, 0.3) is 0 Å². The van der Waals surface area contributed by atoms with Gasteiger partial charge in [0.25, 0.3) is 21.9 Å². The molecule has 2 unspecified atom stereocenters. The summed E-state index contributed by atoms with van der Waals surface area (Å²) < 4.78 is 29.7. The molecule has 1 fully saturated rings. The minimum absolute atomic E-state index is 0. The van der Waals surface area contributed by atoms with Crippen LogP contribution in [0.4, 0.5) is 0 Å². The van der Waals surface area contributed by atoms with Crippen molar-refractivity contribution in [3.05, 3.63) is 0 Å². The Labute approximate surface area is 102 Å². The molecular formula is C5H8NNaO6S. The van der Waals surface area contributed by atoms with E-state index in [9.17, 15) is 18.0 Å². The Morgan fingerprint density at radius 2 is 1.71 bits per heavy atom. The van der Waals surface area contributed by atoms with E-state index in [1.807, 2.05) is 0 Å². The number of carbonyl (C=O) groups excluding carboxylic acids is 2. The summed E-state index contributed by atoms with van der Waals surface area (Å²) in [4.78, 5) is 21.7. The summed E-state index contributed by atoms with van der Waals surface area (Å²) in [5.41, 5.74) is 0. The topological polar surface area (TPSA) is 112 Å². The number of imide groups is 1. The third-order valence-corrected chi connectivity index (χ3v) is 3.08. The maximum atomic E-state index is 10.9. The first kappa shape index (κ1) is 14.0. The Balaban J connectivity index is 0.00000169. The minimum atomic E-state index is -4.64. The molecule has 1 heterocycles. The van der Waals surface area contributed by atoms with Crippen LogP contribution in [0.2, 0.25) is 0 Å². The van der Waals surface area contributed by atoms with Gasteiger partial charge in [-0.25, -0.2) is 0 Å². The van der Waals surface area contributed by atoms with Crippen molar-refractivity contribution in [3.8, 4) is 0 Å². The van der Waals surface area contributed by atoms with E-state index in [1.54, 1.807) is 0 Å². The van der Waals surface area contributed by atoms with E-state index in [0.29, 0.717) is 0 Å². The zero-order valence-corrected chi connectivity index (χ0v) is 7.35. The predicted octanol–water partition coefficient (Wildman–Crippen LogP) is -2.01. The molecule has 0 aromatic carbocycles. The van der Waals surface area contributed by atoms with Crippen molar-refractivity contribution in [2.75, 3.05) is 0 Å². The molecule has 1 rings (SSSR count). The van der Waals surface area contributed by atoms with E-state index in [-0.39, 0.29) is 34.6 Å². The first-order valence-electron chi connectivity index (χ1n) is 3.30.